The molecular formula is C11H15NO2S. The second-order valence-electron chi connectivity index (χ2n) is 4.03. The zero-order valence-electron chi connectivity index (χ0n) is 8.77. The van der Waals surface area contributed by atoms with Gasteiger partial charge in [0.05, 0.1) is 0 Å². The third-order valence-corrected chi connectivity index (χ3v) is 3.98. The number of aromatic carboxylic acids is 1. The highest BCUT2D eigenvalue weighted by Gasteiger charge is 2.20. The van der Waals surface area contributed by atoms with Gasteiger partial charge in [0, 0.05) is 17.5 Å². The maximum atomic E-state index is 10.7. The number of likely N-dealkylation sites (tertiary alicyclic amines) is 1. The zero-order valence-corrected chi connectivity index (χ0v) is 9.59. The molecule has 1 aliphatic rings. The third-order valence-electron chi connectivity index (χ3n) is 2.92. The summed E-state index contributed by atoms with van der Waals surface area (Å²) in [6.07, 6.45) is 2.52. The summed E-state index contributed by atoms with van der Waals surface area (Å²) in [5, 5.41) is 8.81. The van der Waals surface area contributed by atoms with Crippen LogP contribution in [0.3, 0.4) is 0 Å². The number of nitrogens with zero attached hydrogens (tertiary/aromatic N) is 1. The Labute approximate surface area is 93.3 Å². The van der Waals surface area contributed by atoms with Crippen LogP contribution in [0.4, 0.5) is 0 Å². The number of thiophene rings is 1. The van der Waals surface area contributed by atoms with Crippen LogP contribution in [-0.2, 0) is 6.54 Å². The van der Waals surface area contributed by atoms with E-state index in [1.807, 2.05) is 6.07 Å². The van der Waals surface area contributed by atoms with E-state index in [0.717, 1.165) is 18.0 Å². The molecule has 0 amide bonds. The first-order chi connectivity index (χ1) is 7.16. The predicted octanol–water partition coefficient (Wildman–Crippen LogP) is 2.43. The Morgan fingerprint density at radius 3 is 3.00 bits per heavy atom. The molecule has 1 aromatic rings. The molecular weight excluding hydrogens is 210 g/mol. The van der Waals surface area contributed by atoms with Crippen molar-refractivity contribution < 1.29 is 9.90 Å². The van der Waals surface area contributed by atoms with Crippen LogP contribution in [-0.4, -0.2) is 28.6 Å². The first kappa shape index (κ1) is 10.6. The molecule has 1 aliphatic heterocycles. The summed E-state index contributed by atoms with van der Waals surface area (Å²) < 4.78 is 0. The highest BCUT2D eigenvalue weighted by atomic mass is 32.1. The summed E-state index contributed by atoms with van der Waals surface area (Å²) in [6.45, 7) is 4.28. The summed E-state index contributed by atoms with van der Waals surface area (Å²) in [4.78, 5) is 14.7. The van der Waals surface area contributed by atoms with E-state index >= 15 is 0 Å². The van der Waals surface area contributed by atoms with Gasteiger partial charge < -0.3 is 5.11 Å². The van der Waals surface area contributed by atoms with E-state index in [-0.39, 0.29) is 0 Å². The predicted molar refractivity (Wildman–Crippen MR) is 60.4 cm³/mol. The Morgan fingerprint density at radius 2 is 2.47 bits per heavy atom. The van der Waals surface area contributed by atoms with Crippen molar-refractivity contribution in [2.24, 2.45) is 0 Å². The van der Waals surface area contributed by atoms with Gasteiger partial charge in [-0.3, -0.25) is 4.90 Å². The van der Waals surface area contributed by atoms with Gasteiger partial charge in [-0.05, 0) is 38.4 Å². The molecule has 0 radical (unpaired) electrons. The molecule has 1 saturated heterocycles. The van der Waals surface area contributed by atoms with Gasteiger partial charge in [0.1, 0.15) is 4.88 Å². The lowest BCUT2D eigenvalue weighted by Crippen LogP contribution is -2.25. The minimum Gasteiger partial charge on any atom is -0.477 e. The summed E-state index contributed by atoms with van der Waals surface area (Å²) in [5.74, 6) is -0.819. The highest BCUT2D eigenvalue weighted by Crippen LogP contribution is 2.23. The number of rotatable bonds is 3. The van der Waals surface area contributed by atoms with E-state index in [1.54, 1.807) is 6.07 Å². The molecule has 0 bridgehead atoms. The van der Waals surface area contributed by atoms with Crippen LogP contribution in [0.15, 0.2) is 12.1 Å². The van der Waals surface area contributed by atoms with Crippen LogP contribution < -0.4 is 0 Å². The summed E-state index contributed by atoms with van der Waals surface area (Å²) in [6, 6.07) is 4.27. The Morgan fingerprint density at radius 1 is 1.67 bits per heavy atom. The fourth-order valence-electron chi connectivity index (χ4n) is 2.01. The fourth-order valence-corrected chi connectivity index (χ4v) is 2.88. The average molecular weight is 225 g/mol. The lowest BCUT2D eigenvalue weighted by atomic mass is 10.2. The van der Waals surface area contributed by atoms with Crippen LogP contribution in [0.25, 0.3) is 0 Å². The maximum absolute atomic E-state index is 10.7. The lowest BCUT2D eigenvalue weighted by Gasteiger charge is -2.19. The van der Waals surface area contributed by atoms with Crippen molar-refractivity contribution >= 4 is 17.3 Å². The summed E-state index contributed by atoms with van der Waals surface area (Å²) in [7, 11) is 0. The zero-order chi connectivity index (χ0) is 10.8. The van der Waals surface area contributed by atoms with Crippen LogP contribution in [0, 0.1) is 0 Å². The van der Waals surface area contributed by atoms with Crippen molar-refractivity contribution in [3.63, 3.8) is 0 Å². The summed E-state index contributed by atoms with van der Waals surface area (Å²) in [5.41, 5.74) is 0. The molecule has 15 heavy (non-hydrogen) atoms. The van der Waals surface area contributed by atoms with E-state index in [9.17, 15) is 4.79 Å². The van der Waals surface area contributed by atoms with Crippen LogP contribution in [0.5, 0.6) is 0 Å². The van der Waals surface area contributed by atoms with Crippen LogP contribution in [0.2, 0.25) is 0 Å². The van der Waals surface area contributed by atoms with Gasteiger partial charge in [0.25, 0.3) is 0 Å². The lowest BCUT2D eigenvalue weighted by molar-refractivity contribution is 0.0702. The number of carbonyl (C=O) groups is 1. The van der Waals surface area contributed by atoms with E-state index in [0.29, 0.717) is 10.9 Å². The number of carboxylic acids is 1. The normalized spacial score (nSPS) is 22.1. The van der Waals surface area contributed by atoms with Gasteiger partial charge in [-0.1, -0.05) is 0 Å². The summed E-state index contributed by atoms with van der Waals surface area (Å²) >= 11 is 1.39. The molecule has 0 saturated carbocycles. The van der Waals surface area contributed by atoms with E-state index < -0.39 is 5.97 Å². The molecule has 0 spiro atoms. The van der Waals surface area contributed by atoms with Gasteiger partial charge in [-0.15, -0.1) is 11.3 Å². The topological polar surface area (TPSA) is 40.5 Å². The number of hydrogen-bond acceptors (Lipinski definition) is 3. The first-order valence-corrected chi connectivity index (χ1v) is 6.04. The van der Waals surface area contributed by atoms with Gasteiger partial charge in [0.15, 0.2) is 0 Å². The molecule has 0 aliphatic carbocycles. The Hall–Kier alpha value is -0.870. The average Bonchev–Trinajstić information content (AvgIpc) is 2.77. The molecule has 2 heterocycles. The van der Waals surface area contributed by atoms with Crippen molar-refractivity contribution in [2.45, 2.75) is 32.4 Å². The van der Waals surface area contributed by atoms with E-state index in [4.69, 9.17) is 5.11 Å². The molecule has 3 nitrogen and oxygen atoms in total. The SMILES string of the molecule is CC1CCCN1Cc1ccc(C(=O)O)s1. The Kier molecular flexibility index (Phi) is 3.07. The van der Waals surface area contributed by atoms with Crippen LogP contribution in [0.1, 0.15) is 34.3 Å². The Balaban J connectivity index is 2.01. The van der Waals surface area contributed by atoms with Crippen molar-refractivity contribution in [1.29, 1.82) is 0 Å². The van der Waals surface area contributed by atoms with E-state index in [2.05, 4.69) is 11.8 Å². The molecule has 82 valence electrons. The smallest absolute Gasteiger partial charge is 0.345 e. The van der Waals surface area contributed by atoms with E-state index in [1.165, 1.54) is 24.2 Å². The molecule has 0 aromatic carbocycles. The van der Waals surface area contributed by atoms with Gasteiger partial charge in [-0.25, -0.2) is 4.79 Å². The number of hydrogen-bond donors (Lipinski definition) is 1. The molecule has 2 rings (SSSR count). The van der Waals surface area contributed by atoms with Crippen molar-refractivity contribution in [3.8, 4) is 0 Å². The monoisotopic (exact) mass is 225 g/mol. The van der Waals surface area contributed by atoms with Gasteiger partial charge in [-0.2, -0.15) is 0 Å². The van der Waals surface area contributed by atoms with Gasteiger partial charge >= 0.3 is 5.97 Å². The first-order valence-electron chi connectivity index (χ1n) is 5.23. The molecule has 1 unspecified atom stereocenters. The van der Waals surface area contributed by atoms with Gasteiger partial charge in [0.2, 0.25) is 0 Å². The largest absolute Gasteiger partial charge is 0.477 e. The standard InChI is InChI=1S/C11H15NO2S/c1-8-3-2-6-12(8)7-9-4-5-10(15-9)11(13)14/h4-5,8H,2-3,6-7H2,1H3,(H,13,14). The van der Waals surface area contributed by atoms with Crippen molar-refractivity contribution in [3.05, 3.63) is 21.9 Å². The second-order valence-corrected chi connectivity index (χ2v) is 5.20. The number of carboxylic acid groups (broad SMARTS) is 1. The quantitative estimate of drug-likeness (QED) is 0.859. The fraction of sp³-hybridized carbons (Fsp3) is 0.545. The Bertz CT molecular complexity index is 361. The maximum Gasteiger partial charge on any atom is 0.345 e. The third kappa shape index (κ3) is 2.38. The van der Waals surface area contributed by atoms with Crippen LogP contribution >= 0.6 is 11.3 Å². The minimum absolute atomic E-state index is 0.442. The van der Waals surface area contributed by atoms with Crippen molar-refractivity contribution in [2.75, 3.05) is 6.54 Å². The minimum atomic E-state index is -0.819. The molecule has 1 atom stereocenters. The van der Waals surface area contributed by atoms with Crippen molar-refractivity contribution in [1.82, 2.24) is 4.90 Å². The molecule has 1 fully saturated rings. The molecule has 1 aromatic heterocycles. The second kappa shape index (κ2) is 4.33. The molecule has 4 heteroatoms. The molecule has 1 N–H and O–H groups in total. The highest BCUT2D eigenvalue weighted by molar-refractivity contribution is 7.13.